The van der Waals surface area contributed by atoms with E-state index < -0.39 is 16.1 Å². The van der Waals surface area contributed by atoms with E-state index in [-0.39, 0.29) is 30.8 Å². The number of hydrogen-bond acceptors (Lipinski definition) is 5. The summed E-state index contributed by atoms with van der Waals surface area (Å²) in [6.07, 6.45) is 3.52. The molecule has 2 aromatic carbocycles. The molecule has 204 valence electrons. The molecule has 0 fully saturated rings. The van der Waals surface area contributed by atoms with E-state index in [4.69, 9.17) is 4.74 Å². The maximum atomic E-state index is 13.4. The molecule has 0 aliphatic carbocycles. The SMILES string of the molecule is CC[C@@H](C)NC(=O)[C@H](CC)N(CCc1ccccc1)C(=O)CCCN(c1ccc(OC)cc1)S(C)(=O)=O. The minimum absolute atomic E-state index is 0.0143. The third kappa shape index (κ3) is 9.39. The summed E-state index contributed by atoms with van der Waals surface area (Å²) in [4.78, 5) is 28.1. The van der Waals surface area contributed by atoms with Gasteiger partial charge in [0.2, 0.25) is 21.8 Å². The minimum atomic E-state index is -3.55. The maximum absolute atomic E-state index is 13.4. The van der Waals surface area contributed by atoms with Gasteiger partial charge in [0, 0.05) is 25.6 Å². The lowest BCUT2D eigenvalue weighted by Gasteiger charge is -2.32. The van der Waals surface area contributed by atoms with Crippen molar-refractivity contribution in [3.8, 4) is 5.75 Å². The molecular weight excluding hydrogens is 490 g/mol. The molecule has 0 aliphatic heterocycles. The quantitative estimate of drug-likeness (QED) is 0.375. The second-order valence-corrected chi connectivity index (χ2v) is 11.1. The highest BCUT2D eigenvalue weighted by molar-refractivity contribution is 7.92. The van der Waals surface area contributed by atoms with Gasteiger partial charge in [0.05, 0.1) is 19.1 Å². The molecule has 37 heavy (non-hydrogen) atoms. The first-order valence-electron chi connectivity index (χ1n) is 12.9. The molecule has 0 bridgehead atoms. The third-order valence-corrected chi connectivity index (χ3v) is 7.58. The number of benzene rings is 2. The second kappa shape index (κ2) is 14.6. The molecule has 0 heterocycles. The van der Waals surface area contributed by atoms with E-state index in [0.29, 0.717) is 37.2 Å². The number of amides is 2. The van der Waals surface area contributed by atoms with E-state index in [1.54, 1.807) is 36.3 Å². The van der Waals surface area contributed by atoms with Crippen LogP contribution in [0.5, 0.6) is 5.75 Å². The lowest BCUT2D eigenvalue weighted by atomic mass is 10.1. The number of nitrogens with zero attached hydrogens (tertiary/aromatic N) is 2. The van der Waals surface area contributed by atoms with Gasteiger partial charge in [-0.25, -0.2) is 8.42 Å². The number of rotatable bonds is 15. The highest BCUT2D eigenvalue weighted by Crippen LogP contribution is 2.22. The average molecular weight is 532 g/mol. The van der Waals surface area contributed by atoms with Crippen molar-refractivity contribution >= 4 is 27.5 Å². The van der Waals surface area contributed by atoms with Crippen LogP contribution in [0.4, 0.5) is 5.69 Å². The Bertz CT molecular complexity index is 1090. The van der Waals surface area contributed by atoms with Gasteiger partial charge in [-0.1, -0.05) is 44.2 Å². The Hall–Kier alpha value is -3.07. The molecule has 2 rings (SSSR count). The van der Waals surface area contributed by atoms with Gasteiger partial charge in [-0.3, -0.25) is 13.9 Å². The van der Waals surface area contributed by atoms with E-state index >= 15 is 0 Å². The lowest BCUT2D eigenvalue weighted by molar-refractivity contribution is -0.141. The molecule has 8 nitrogen and oxygen atoms in total. The van der Waals surface area contributed by atoms with E-state index in [9.17, 15) is 18.0 Å². The predicted octanol–water partition coefficient (Wildman–Crippen LogP) is 4.01. The molecule has 2 atom stereocenters. The molecule has 0 aromatic heterocycles. The fourth-order valence-corrected chi connectivity index (χ4v) is 5.05. The van der Waals surface area contributed by atoms with E-state index in [2.05, 4.69) is 5.32 Å². The van der Waals surface area contributed by atoms with Crippen LogP contribution in [0.2, 0.25) is 0 Å². The first-order chi connectivity index (χ1) is 17.6. The standard InChI is InChI=1S/C28H41N3O5S/c1-6-22(3)29-28(33)26(7-2)30(21-19-23-12-9-8-10-13-23)27(32)14-11-20-31(37(5,34)35)24-15-17-25(36-4)18-16-24/h8-10,12-13,15-18,22,26H,6-7,11,14,19-21H2,1-5H3,(H,29,33)/t22-,26+/m1/s1. The summed E-state index contributed by atoms with van der Waals surface area (Å²) in [5.41, 5.74) is 1.59. The fourth-order valence-electron chi connectivity index (χ4n) is 4.09. The Kier molecular flexibility index (Phi) is 11.9. The van der Waals surface area contributed by atoms with Crippen LogP contribution in [-0.2, 0) is 26.0 Å². The number of ether oxygens (including phenoxy) is 1. The highest BCUT2D eigenvalue weighted by Gasteiger charge is 2.29. The van der Waals surface area contributed by atoms with Crippen molar-refractivity contribution in [2.45, 2.75) is 65.0 Å². The van der Waals surface area contributed by atoms with Gasteiger partial charge in [-0.15, -0.1) is 0 Å². The number of hydrogen-bond donors (Lipinski definition) is 1. The van der Waals surface area contributed by atoms with E-state index in [0.717, 1.165) is 18.2 Å². The summed E-state index contributed by atoms with van der Waals surface area (Å²) in [5, 5.41) is 3.01. The van der Waals surface area contributed by atoms with Gasteiger partial charge in [-0.2, -0.15) is 0 Å². The maximum Gasteiger partial charge on any atom is 0.243 e. The summed E-state index contributed by atoms with van der Waals surface area (Å²) in [6, 6.07) is 16.0. The van der Waals surface area contributed by atoms with Crippen LogP contribution in [-0.4, -0.2) is 63.7 Å². The van der Waals surface area contributed by atoms with Crippen molar-refractivity contribution in [1.29, 1.82) is 0 Å². The van der Waals surface area contributed by atoms with Crippen LogP contribution in [0.1, 0.15) is 52.0 Å². The monoisotopic (exact) mass is 531 g/mol. The Balaban J connectivity index is 2.16. The van der Waals surface area contributed by atoms with Crippen LogP contribution in [0.3, 0.4) is 0 Å². The normalized spacial score (nSPS) is 12.9. The van der Waals surface area contributed by atoms with Gasteiger partial charge in [0.15, 0.2) is 0 Å². The number of carbonyl (C=O) groups is 2. The Labute approximate surface area is 222 Å². The summed E-state index contributed by atoms with van der Waals surface area (Å²) in [6.45, 7) is 6.40. The van der Waals surface area contributed by atoms with Crippen molar-refractivity contribution in [2.24, 2.45) is 0 Å². The Morgan fingerprint density at radius 1 is 0.973 bits per heavy atom. The molecule has 0 spiro atoms. The average Bonchev–Trinajstić information content (AvgIpc) is 2.88. The molecule has 0 saturated heterocycles. The first-order valence-corrected chi connectivity index (χ1v) is 14.7. The van der Waals surface area contributed by atoms with Gasteiger partial charge in [0.25, 0.3) is 0 Å². The largest absolute Gasteiger partial charge is 0.497 e. The van der Waals surface area contributed by atoms with Crippen molar-refractivity contribution < 1.29 is 22.7 Å². The molecule has 2 amide bonds. The van der Waals surface area contributed by atoms with Crippen molar-refractivity contribution in [3.63, 3.8) is 0 Å². The predicted molar refractivity (Wildman–Crippen MR) is 148 cm³/mol. The van der Waals surface area contributed by atoms with Crippen molar-refractivity contribution in [3.05, 3.63) is 60.2 Å². The number of nitrogens with one attached hydrogen (secondary N) is 1. The molecule has 9 heteroatoms. The molecule has 0 radical (unpaired) electrons. The number of sulfonamides is 1. The Morgan fingerprint density at radius 2 is 1.62 bits per heavy atom. The van der Waals surface area contributed by atoms with Crippen LogP contribution in [0.25, 0.3) is 0 Å². The van der Waals surface area contributed by atoms with E-state index in [1.807, 2.05) is 51.1 Å². The Morgan fingerprint density at radius 3 is 2.16 bits per heavy atom. The number of carbonyl (C=O) groups excluding carboxylic acids is 2. The highest BCUT2D eigenvalue weighted by atomic mass is 32.2. The van der Waals surface area contributed by atoms with Crippen molar-refractivity contribution in [2.75, 3.05) is 30.8 Å². The molecule has 0 unspecified atom stereocenters. The summed E-state index contributed by atoms with van der Waals surface area (Å²) in [7, 11) is -2.00. The zero-order valence-corrected chi connectivity index (χ0v) is 23.5. The molecule has 1 N–H and O–H groups in total. The third-order valence-electron chi connectivity index (χ3n) is 6.38. The van der Waals surface area contributed by atoms with Crippen LogP contribution in [0, 0.1) is 0 Å². The minimum Gasteiger partial charge on any atom is -0.497 e. The molecular formula is C28H41N3O5S. The number of methoxy groups -OCH3 is 1. The van der Waals surface area contributed by atoms with Crippen LogP contribution in [0.15, 0.2) is 54.6 Å². The summed E-state index contributed by atoms with van der Waals surface area (Å²) < 4.78 is 31.4. The molecule has 0 saturated carbocycles. The number of anilines is 1. The fraction of sp³-hybridized carbons (Fsp3) is 0.500. The lowest BCUT2D eigenvalue weighted by Crippen LogP contribution is -2.51. The zero-order valence-electron chi connectivity index (χ0n) is 22.6. The zero-order chi connectivity index (χ0) is 27.4. The first kappa shape index (κ1) is 30.2. The van der Waals surface area contributed by atoms with Crippen molar-refractivity contribution in [1.82, 2.24) is 10.2 Å². The van der Waals surface area contributed by atoms with E-state index in [1.165, 1.54) is 4.31 Å². The van der Waals surface area contributed by atoms with Crippen LogP contribution < -0.4 is 14.4 Å². The second-order valence-electron chi connectivity index (χ2n) is 9.20. The van der Waals surface area contributed by atoms with Gasteiger partial charge in [-0.05, 0) is 62.4 Å². The molecule has 0 aliphatic rings. The topological polar surface area (TPSA) is 96.0 Å². The van der Waals surface area contributed by atoms with Gasteiger partial charge < -0.3 is 15.0 Å². The smallest absolute Gasteiger partial charge is 0.243 e. The van der Waals surface area contributed by atoms with Gasteiger partial charge in [0.1, 0.15) is 11.8 Å². The molecule has 2 aromatic rings. The summed E-state index contributed by atoms with van der Waals surface area (Å²) in [5.74, 6) is 0.308. The van der Waals surface area contributed by atoms with Gasteiger partial charge >= 0.3 is 0 Å². The van der Waals surface area contributed by atoms with Crippen LogP contribution >= 0.6 is 0 Å². The summed E-state index contributed by atoms with van der Waals surface area (Å²) >= 11 is 0.